The van der Waals surface area contributed by atoms with E-state index in [1.807, 2.05) is 0 Å². The molecule has 3 rings (SSSR count). The summed E-state index contributed by atoms with van der Waals surface area (Å²) in [5.41, 5.74) is 1.17. The van der Waals surface area contributed by atoms with Crippen molar-refractivity contribution in [2.75, 3.05) is 24.7 Å². The molecule has 0 atom stereocenters. The summed E-state index contributed by atoms with van der Waals surface area (Å²) in [6, 6.07) is 6.92. The number of hydrogen-bond donors (Lipinski definition) is 2. The van der Waals surface area contributed by atoms with Crippen LogP contribution in [0, 0.1) is 6.92 Å². The molecule has 1 saturated heterocycles. The van der Waals surface area contributed by atoms with Gasteiger partial charge in [0.15, 0.2) is 14.6 Å². The number of aryl methyl sites for hydroxylation is 1. The number of hydrogen-bond acceptors (Lipinski definition) is 7. The van der Waals surface area contributed by atoms with Crippen LogP contribution < -0.4 is 10.6 Å². The average molecular weight is 401 g/mol. The summed E-state index contributed by atoms with van der Waals surface area (Å²) >= 11 is 0. The largest absolute Gasteiger partial charge is 0.339 e. The lowest BCUT2D eigenvalue weighted by molar-refractivity contribution is -0.119. The third-order valence-corrected chi connectivity index (χ3v) is 6.45. The fraction of sp³-hybridized carbons (Fsp3) is 0.438. The Hall–Kier alpha value is -1.97. The van der Waals surface area contributed by atoms with E-state index in [1.165, 1.54) is 0 Å². The van der Waals surface area contributed by atoms with E-state index in [1.54, 1.807) is 31.2 Å². The third-order valence-electron chi connectivity index (χ3n) is 4.44. The SMILES string of the molecule is Cc1nc(-c2cccc(NC(=O)C3(S(C)(=O)=O)CCNCC3)c2)no1.Cl. The molecular formula is C16H21ClN4O4S. The number of benzene rings is 1. The van der Waals surface area contributed by atoms with Crippen molar-refractivity contribution in [3.63, 3.8) is 0 Å². The first-order chi connectivity index (χ1) is 11.8. The predicted molar refractivity (Wildman–Crippen MR) is 100 cm³/mol. The average Bonchev–Trinajstić information content (AvgIpc) is 3.01. The number of carbonyl (C=O) groups is 1. The maximum absolute atomic E-state index is 12.8. The van der Waals surface area contributed by atoms with E-state index in [-0.39, 0.29) is 25.2 Å². The number of nitrogens with zero attached hydrogens (tertiary/aromatic N) is 2. The van der Waals surface area contributed by atoms with Crippen molar-refractivity contribution in [1.82, 2.24) is 15.5 Å². The van der Waals surface area contributed by atoms with E-state index in [4.69, 9.17) is 4.52 Å². The number of nitrogens with one attached hydrogen (secondary N) is 2. The van der Waals surface area contributed by atoms with Crippen LogP contribution >= 0.6 is 12.4 Å². The van der Waals surface area contributed by atoms with Crippen molar-refractivity contribution in [3.05, 3.63) is 30.2 Å². The zero-order valence-corrected chi connectivity index (χ0v) is 16.1. The fourth-order valence-corrected chi connectivity index (χ4v) is 4.33. The minimum atomic E-state index is -3.56. The second kappa shape index (κ2) is 7.73. The van der Waals surface area contributed by atoms with Gasteiger partial charge in [0.25, 0.3) is 0 Å². The molecule has 10 heteroatoms. The topological polar surface area (TPSA) is 114 Å². The van der Waals surface area contributed by atoms with Crippen LogP contribution in [0.3, 0.4) is 0 Å². The third kappa shape index (κ3) is 3.89. The van der Waals surface area contributed by atoms with Crippen LogP contribution in [0.4, 0.5) is 5.69 Å². The van der Waals surface area contributed by atoms with Gasteiger partial charge in [-0.1, -0.05) is 17.3 Å². The van der Waals surface area contributed by atoms with Gasteiger partial charge >= 0.3 is 0 Å². The summed E-state index contributed by atoms with van der Waals surface area (Å²) in [5.74, 6) is 0.349. The summed E-state index contributed by atoms with van der Waals surface area (Å²) in [6.07, 6.45) is 1.62. The van der Waals surface area contributed by atoms with E-state index < -0.39 is 20.5 Å². The van der Waals surface area contributed by atoms with Gasteiger partial charge < -0.3 is 15.2 Å². The molecule has 2 N–H and O–H groups in total. The zero-order valence-electron chi connectivity index (χ0n) is 14.5. The normalized spacial score (nSPS) is 16.5. The predicted octanol–water partition coefficient (Wildman–Crippen LogP) is 1.57. The first-order valence-electron chi connectivity index (χ1n) is 7.94. The molecular weight excluding hydrogens is 380 g/mol. The molecule has 1 aromatic heterocycles. The van der Waals surface area contributed by atoms with Crippen LogP contribution in [-0.2, 0) is 14.6 Å². The van der Waals surface area contributed by atoms with E-state index >= 15 is 0 Å². The Morgan fingerprint density at radius 3 is 2.58 bits per heavy atom. The van der Waals surface area contributed by atoms with Crippen molar-refractivity contribution in [1.29, 1.82) is 0 Å². The molecule has 142 valence electrons. The smallest absolute Gasteiger partial charge is 0.245 e. The summed E-state index contributed by atoms with van der Waals surface area (Å²) < 4.78 is 28.2. The quantitative estimate of drug-likeness (QED) is 0.800. The Bertz CT molecular complexity index is 891. The second-order valence-corrected chi connectivity index (χ2v) is 8.51. The molecule has 0 saturated carbocycles. The first-order valence-corrected chi connectivity index (χ1v) is 9.83. The van der Waals surface area contributed by atoms with Gasteiger partial charge in [-0.15, -0.1) is 12.4 Å². The molecule has 8 nitrogen and oxygen atoms in total. The Labute approximate surface area is 158 Å². The molecule has 0 unspecified atom stereocenters. The molecule has 0 spiro atoms. The van der Waals surface area contributed by atoms with E-state index in [0.29, 0.717) is 36.1 Å². The van der Waals surface area contributed by atoms with Crippen LogP contribution in [0.1, 0.15) is 18.7 Å². The minimum Gasteiger partial charge on any atom is -0.339 e. The van der Waals surface area contributed by atoms with Crippen LogP contribution in [0.2, 0.25) is 0 Å². The van der Waals surface area contributed by atoms with Gasteiger partial charge in [-0.05, 0) is 38.1 Å². The Balaban J connectivity index is 0.00000243. The maximum Gasteiger partial charge on any atom is 0.245 e. The van der Waals surface area contributed by atoms with Gasteiger partial charge in [0.05, 0.1) is 0 Å². The Morgan fingerprint density at radius 1 is 1.31 bits per heavy atom. The Kier molecular flexibility index (Phi) is 6.05. The number of rotatable bonds is 4. The van der Waals surface area contributed by atoms with Crippen molar-refractivity contribution in [2.45, 2.75) is 24.5 Å². The van der Waals surface area contributed by atoms with Crippen LogP contribution in [0.5, 0.6) is 0 Å². The van der Waals surface area contributed by atoms with Crippen LogP contribution in [0.25, 0.3) is 11.4 Å². The molecule has 1 amide bonds. The molecule has 2 heterocycles. The molecule has 0 aliphatic carbocycles. The molecule has 0 radical (unpaired) electrons. The first kappa shape index (κ1) is 20.3. The maximum atomic E-state index is 12.8. The highest BCUT2D eigenvalue weighted by Gasteiger charge is 2.48. The van der Waals surface area contributed by atoms with Gasteiger partial charge in [-0.3, -0.25) is 4.79 Å². The van der Waals surface area contributed by atoms with Gasteiger partial charge in [0.2, 0.25) is 17.6 Å². The summed E-state index contributed by atoms with van der Waals surface area (Å²) in [7, 11) is -3.56. The van der Waals surface area contributed by atoms with E-state index in [0.717, 1.165) is 6.26 Å². The number of aromatic nitrogens is 2. The summed E-state index contributed by atoms with van der Waals surface area (Å²) in [4.78, 5) is 17.0. The van der Waals surface area contributed by atoms with Crippen molar-refractivity contribution < 1.29 is 17.7 Å². The number of amides is 1. The molecule has 26 heavy (non-hydrogen) atoms. The van der Waals surface area contributed by atoms with Crippen LogP contribution in [-0.4, -0.2) is 48.6 Å². The highest BCUT2D eigenvalue weighted by atomic mass is 35.5. The van der Waals surface area contributed by atoms with Crippen LogP contribution in [0.15, 0.2) is 28.8 Å². The lowest BCUT2D eigenvalue weighted by Crippen LogP contribution is -2.55. The van der Waals surface area contributed by atoms with Gasteiger partial charge in [0, 0.05) is 24.4 Å². The highest BCUT2D eigenvalue weighted by Crippen LogP contribution is 2.30. The number of sulfone groups is 1. The van der Waals surface area contributed by atoms with Crippen molar-refractivity contribution >= 4 is 33.8 Å². The van der Waals surface area contributed by atoms with Gasteiger partial charge in [0.1, 0.15) is 0 Å². The monoisotopic (exact) mass is 400 g/mol. The number of piperidine rings is 1. The van der Waals surface area contributed by atoms with E-state index in [9.17, 15) is 13.2 Å². The Morgan fingerprint density at radius 2 is 2.00 bits per heavy atom. The molecule has 1 fully saturated rings. The summed E-state index contributed by atoms with van der Waals surface area (Å²) in [5, 5.41) is 9.68. The molecule has 0 bridgehead atoms. The number of halogens is 1. The van der Waals surface area contributed by atoms with Crippen molar-refractivity contribution in [2.24, 2.45) is 0 Å². The van der Waals surface area contributed by atoms with Gasteiger partial charge in [-0.25, -0.2) is 8.42 Å². The number of anilines is 1. The molecule has 2 aromatic rings. The standard InChI is InChI=1S/C16H20N4O4S.ClH/c1-11-18-14(20-24-11)12-4-3-5-13(10-12)19-15(21)16(25(2,22)23)6-8-17-9-7-16;/h3-5,10,17H,6-9H2,1-2H3,(H,19,21);1H. The van der Waals surface area contributed by atoms with Gasteiger partial charge in [-0.2, -0.15) is 4.98 Å². The minimum absolute atomic E-state index is 0. The molecule has 1 aliphatic rings. The molecule has 1 aromatic carbocycles. The summed E-state index contributed by atoms with van der Waals surface area (Å²) in [6.45, 7) is 2.67. The highest BCUT2D eigenvalue weighted by molar-refractivity contribution is 7.92. The lowest BCUT2D eigenvalue weighted by atomic mass is 9.95. The molecule has 1 aliphatic heterocycles. The van der Waals surface area contributed by atoms with E-state index in [2.05, 4.69) is 20.8 Å². The fourth-order valence-electron chi connectivity index (χ4n) is 2.99. The number of carbonyl (C=O) groups excluding carboxylic acids is 1. The second-order valence-electron chi connectivity index (χ2n) is 6.19. The lowest BCUT2D eigenvalue weighted by Gasteiger charge is -2.34. The zero-order chi connectivity index (χ0) is 18.1. The van der Waals surface area contributed by atoms with Crippen molar-refractivity contribution in [3.8, 4) is 11.4 Å².